The summed E-state index contributed by atoms with van der Waals surface area (Å²) in [6, 6.07) is 73.9. The van der Waals surface area contributed by atoms with E-state index in [9.17, 15) is 0 Å². The second kappa shape index (κ2) is 12.6. The van der Waals surface area contributed by atoms with E-state index in [-0.39, 0.29) is 0 Å². The number of fused-ring (bicyclic) bond motifs is 9. The molecule has 0 spiro atoms. The zero-order valence-electron chi connectivity index (χ0n) is 29.9. The van der Waals surface area contributed by atoms with Gasteiger partial charge in [-0.15, -0.1) is 0 Å². The molecule has 3 nitrogen and oxygen atoms in total. The summed E-state index contributed by atoms with van der Waals surface area (Å²) < 4.78 is 7.07. The van der Waals surface area contributed by atoms with Gasteiger partial charge in [0.15, 0.2) is 0 Å². The van der Waals surface area contributed by atoms with Gasteiger partial charge >= 0.3 is 0 Å². The smallest absolute Gasteiger partial charge is 0.143 e. The third-order valence-corrected chi connectivity index (χ3v) is 11.0. The number of hydrogen-bond acceptors (Lipinski definition) is 3. The van der Waals surface area contributed by atoms with Crippen LogP contribution in [0.3, 0.4) is 0 Å². The Hall–Kier alpha value is -7.36. The summed E-state index contributed by atoms with van der Waals surface area (Å²) in [4.78, 5) is 4.83. The van der Waals surface area contributed by atoms with E-state index in [1.54, 1.807) is 0 Å². The molecule has 11 rings (SSSR count). The Labute approximate surface area is 318 Å². The van der Waals surface area contributed by atoms with Gasteiger partial charge in [0, 0.05) is 54.5 Å². The lowest BCUT2D eigenvalue weighted by atomic mass is 9.98. The minimum atomic E-state index is 0.888. The maximum absolute atomic E-state index is 7.07. The lowest BCUT2D eigenvalue weighted by Gasteiger charge is -2.28. The van der Waals surface area contributed by atoms with Crippen LogP contribution in [0, 0.1) is 0 Å². The molecule has 0 N–H and O–H groups in total. The van der Waals surface area contributed by atoms with E-state index in [0.717, 1.165) is 77.6 Å². The third kappa shape index (κ3) is 4.98. The molecule has 0 fully saturated rings. The Balaban J connectivity index is 1.26. The maximum atomic E-state index is 7.07. The topological polar surface area (TPSA) is 19.6 Å². The van der Waals surface area contributed by atoms with Crippen molar-refractivity contribution in [1.29, 1.82) is 0 Å². The van der Waals surface area contributed by atoms with Crippen LogP contribution in [0.4, 0.5) is 34.1 Å². The van der Waals surface area contributed by atoms with Crippen LogP contribution < -0.4 is 9.80 Å². The molecule has 11 aromatic rings. The Bertz CT molecular complexity index is 2990. The first-order valence-corrected chi connectivity index (χ1v) is 18.8. The maximum Gasteiger partial charge on any atom is 0.143 e. The minimum absolute atomic E-state index is 0.888. The van der Waals surface area contributed by atoms with Crippen LogP contribution in [-0.4, -0.2) is 0 Å². The number of rotatable bonds is 6. The summed E-state index contributed by atoms with van der Waals surface area (Å²) in [5.41, 5.74) is 8.40. The molecule has 10 aromatic carbocycles. The van der Waals surface area contributed by atoms with Crippen LogP contribution in [0.1, 0.15) is 0 Å². The van der Waals surface area contributed by atoms with Crippen LogP contribution in [0.25, 0.3) is 65.0 Å². The Morgan fingerprint density at radius 1 is 0.255 bits per heavy atom. The molecule has 0 aliphatic carbocycles. The fourth-order valence-electron chi connectivity index (χ4n) is 8.53. The molecule has 3 heteroatoms. The molecule has 55 heavy (non-hydrogen) atoms. The SMILES string of the molecule is c1ccc(N(c2cccc3ccccc23)c2cc3c4cc(N(c5ccccc5)c5cccc6ccccc56)c5ccccc5c4oc3c3ccccc23)cc1. The Morgan fingerprint density at radius 2 is 0.600 bits per heavy atom. The van der Waals surface area contributed by atoms with Crippen molar-refractivity contribution in [2.24, 2.45) is 0 Å². The molecule has 258 valence electrons. The molecule has 0 unspecified atom stereocenters. The quantitative estimate of drug-likeness (QED) is 0.172. The summed E-state index contributed by atoms with van der Waals surface area (Å²) in [5, 5.41) is 11.3. The van der Waals surface area contributed by atoms with Gasteiger partial charge in [-0.1, -0.05) is 158 Å². The first-order chi connectivity index (χ1) is 27.3. The number of anilines is 6. The highest BCUT2D eigenvalue weighted by molar-refractivity contribution is 6.26. The van der Waals surface area contributed by atoms with Crippen LogP contribution >= 0.6 is 0 Å². The van der Waals surface area contributed by atoms with Crippen molar-refractivity contribution in [2.75, 3.05) is 9.80 Å². The van der Waals surface area contributed by atoms with Gasteiger partial charge in [0.25, 0.3) is 0 Å². The zero-order valence-corrected chi connectivity index (χ0v) is 29.9. The normalized spacial score (nSPS) is 11.6. The molecule has 0 bridgehead atoms. The van der Waals surface area contributed by atoms with Gasteiger partial charge in [0.05, 0.1) is 22.7 Å². The van der Waals surface area contributed by atoms with Crippen molar-refractivity contribution in [3.05, 3.63) is 206 Å². The molecule has 1 aromatic heterocycles. The standard InChI is InChI=1S/C52H34N2O/c1-3-21-37(22-4-1)53(47-31-15-19-35-17-7-9-25-39(35)47)49-33-45-46-34-50(42-28-12-14-30-44(42)52(46)55-51(45)43-29-13-11-27-41(43)49)54(38-23-5-2-6-24-38)48-32-16-20-36-18-8-10-26-40(36)48/h1-34H. The molecule has 0 aliphatic heterocycles. The van der Waals surface area contributed by atoms with Crippen LogP contribution in [0.2, 0.25) is 0 Å². The highest BCUT2D eigenvalue weighted by atomic mass is 16.3. The number of nitrogens with zero attached hydrogens (tertiary/aromatic N) is 2. The van der Waals surface area contributed by atoms with Crippen LogP contribution in [0.15, 0.2) is 211 Å². The predicted molar refractivity (Wildman–Crippen MR) is 233 cm³/mol. The molecule has 0 atom stereocenters. The van der Waals surface area contributed by atoms with Crippen molar-refractivity contribution in [3.8, 4) is 0 Å². The van der Waals surface area contributed by atoms with Gasteiger partial charge in [-0.2, -0.15) is 0 Å². The Kier molecular flexibility index (Phi) is 7.17. The molecular formula is C52H34N2O. The van der Waals surface area contributed by atoms with E-state index in [0.29, 0.717) is 0 Å². The van der Waals surface area contributed by atoms with Crippen molar-refractivity contribution >= 4 is 99.2 Å². The lowest BCUT2D eigenvalue weighted by Crippen LogP contribution is -2.11. The monoisotopic (exact) mass is 702 g/mol. The molecular weight excluding hydrogens is 669 g/mol. The van der Waals surface area contributed by atoms with Crippen LogP contribution in [0.5, 0.6) is 0 Å². The average Bonchev–Trinajstić information content (AvgIpc) is 3.64. The van der Waals surface area contributed by atoms with E-state index in [2.05, 4.69) is 216 Å². The second-order valence-corrected chi connectivity index (χ2v) is 14.1. The lowest BCUT2D eigenvalue weighted by molar-refractivity contribution is 0.676. The summed E-state index contributed by atoms with van der Waals surface area (Å²) >= 11 is 0. The summed E-state index contributed by atoms with van der Waals surface area (Å²) in [6.07, 6.45) is 0. The Morgan fingerprint density at radius 3 is 1.04 bits per heavy atom. The minimum Gasteiger partial charge on any atom is -0.455 e. The number of hydrogen-bond donors (Lipinski definition) is 0. The first-order valence-electron chi connectivity index (χ1n) is 18.8. The van der Waals surface area contributed by atoms with Gasteiger partial charge in [0.2, 0.25) is 0 Å². The fraction of sp³-hybridized carbons (Fsp3) is 0. The molecule has 0 amide bonds. The number of benzene rings is 10. The van der Waals surface area contributed by atoms with E-state index in [1.807, 2.05) is 0 Å². The van der Waals surface area contributed by atoms with Crippen molar-refractivity contribution in [2.45, 2.75) is 0 Å². The third-order valence-electron chi connectivity index (χ3n) is 11.0. The van der Waals surface area contributed by atoms with E-state index in [1.165, 1.54) is 21.5 Å². The van der Waals surface area contributed by atoms with Gasteiger partial charge in [-0.3, -0.25) is 0 Å². The van der Waals surface area contributed by atoms with E-state index >= 15 is 0 Å². The average molecular weight is 703 g/mol. The van der Waals surface area contributed by atoms with E-state index < -0.39 is 0 Å². The van der Waals surface area contributed by atoms with E-state index in [4.69, 9.17) is 4.42 Å². The largest absolute Gasteiger partial charge is 0.455 e. The highest BCUT2D eigenvalue weighted by Gasteiger charge is 2.25. The fourth-order valence-corrected chi connectivity index (χ4v) is 8.53. The molecule has 0 radical (unpaired) electrons. The van der Waals surface area contributed by atoms with Crippen molar-refractivity contribution in [3.63, 3.8) is 0 Å². The summed E-state index contributed by atoms with van der Waals surface area (Å²) in [6.45, 7) is 0. The number of furan rings is 1. The predicted octanol–water partition coefficient (Wildman–Crippen LogP) is 15.1. The highest BCUT2D eigenvalue weighted by Crippen LogP contribution is 2.50. The molecule has 0 aliphatic rings. The van der Waals surface area contributed by atoms with Gasteiger partial charge in [-0.25, -0.2) is 0 Å². The number of para-hydroxylation sites is 2. The second-order valence-electron chi connectivity index (χ2n) is 14.1. The van der Waals surface area contributed by atoms with Crippen molar-refractivity contribution < 1.29 is 4.42 Å². The van der Waals surface area contributed by atoms with Crippen molar-refractivity contribution in [1.82, 2.24) is 0 Å². The molecule has 0 saturated heterocycles. The first kappa shape index (κ1) is 31.2. The summed E-state index contributed by atoms with van der Waals surface area (Å²) in [5.74, 6) is 0. The molecule has 0 saturated carbocycles. The van der Waals surface area contributed by atoms with Gasteiger partial charge in [0.1, 0.15) is 11.2 Å². The van der Waals surface area contributed by atoms with Gasteiger partial charge < -0.3 is 14.2 Å². The zero-order chi connectivity index (χ0) is 36.3. The summed E-state index contributed by atoms with van der Waals surface area (Å²) in [7, 11) is 0. The van der Waals surface area contributed by atoms with Crippen LogP contribution in [-0.2, 0) is 0 Å². The molecule has 1 heterocycles. The van der Waals surface area contributed by atoms with Gasteiger partial charge in [-0.05, 0) is 59.3 Å².